The van der Waals surface area contributed by atoms with Gasteiger partial charge in [-0.3, -0.25) is 4.79 Å². The molecule has 0 aromatic rings. The fourth-order valence-electron chi connectivity index (χ4n) is 1.33. The van der Waals surface area contributed by atoms with E-state index < -0.39 is 6.09 Å². The van der Waals surface area contributed by atoms with E-state index in [9.17, 15) is 9.59 Å². The largest absolute Gasteiger partial charge is 0.446 e. The van der Waals surface area contributed by atoms with Crippen molar-refractivity contribution in [3.05, 3.63) is 0 Å². The number of nitrogens with one attached hydrogen (secondary N) is 1. The highest BCUT2D eigenvalue weighted by Gasteiger charge is 2.36. The minimum Gasteiger partial charge on any atom is -0.446 e. The zero-order chi connectivity index (χ0) is 10.6. The second-order valence-corrected chi connectivity index (χ2v) is 3.20. The van der Waals surface area contributed by atoms with Crippen molar-refractivity contribution in [1.82, 2.24) is 5.32 Å². The second-order valence-electron chi connectivity index (χ2n) is 3.20. The SMILES string of the molecule is COCNC(=O)C1CC(OC(N)=O)C1. The maximum absolute atomic E-state index is 11.3. The first-order valence-corrected chi connectivity index (χ1v) is 4.36. The van der Waals surface area contributed by atoms with Crippen LogP contribution in [0.1, 0.15) is 12.8 Å². The summed E-state index contributed by atoms with van der Waals surface area (Å²) in [6, 6.07) is 0. The topological polar surface area (TPSA) is 90.7 Å². The molecule has 0 bridgehead atoms. The molecule has 1 rings (SSSR count). The summed E-state index contributed by atoms with van der Waals surface area (Å²) in [6.07, 6.45) is 0.0910. The molecule has 0 radical (unpaired) electrons. The van der Waals surface area contributed by atoms with Crippen LogP contribution < -0.4 is 11.1 Å². The molecule has 1 aliphatic carbocycles. The maximum Gasteiger partial charge on any atom is 0.404 e. The number of hydrogen-bond acceptors (Lipinski definition) is 4. The monoisotopic (exact) mass is 202 g/mol. The third kappa shape index (κ3) is 2.88. The Balaban J connectivity index is 2.14. The van der Waals surface area contributed by atoms with E-state index >= 15 is 0 Å². The lowest BCUT2D eigenvalue weighted by atomic mass is 9.81. The Morgan fingerprint density at radius 1 is 1.50 bits per heavy atom. The number of nitrogens with two attached hydrogens (primary N) is 1. The van der Waals surface area contributed by atoms with Crippen LogP contribution in [0.2, 0.25) is 0 Å². The third-order valence-electron chi connectivity index (χ3n) is 2.14. The van der Waals surface area contributed by atoms with Crippen LogP contribution in [0.3, 0.4) is 0 Å². The van der Waals surface area contributed by atoms with Crippen LogP contribution in [-0.2, 0) is 14.3 Å². The van der Waals surface area contributed by atoms with E-state index in [1.807, 2.05) is 0 Å². The van der Waals surface area contributed by atoms with Crippen molar-refractivity contribution in [2.75, 3.05) is 13.8 Å². The van der Waals surface area contributed by atoms with E-state index in [0.717, 1.165) is 0 Å². The van der Waals surface area contributed by atoms with Crippen LogP contribution in [0, 0.1) is 5.92 Å². The van der Waals surface area contributed by atoms with Crippen molar-refractivity contribution in [2.45, 2.75) is 18.9 Å². The van der Waals surface area contributed by atoms with Crippen molar-refractivity contribution >= 4 is 12.0 Å². The van der Waals surface area contributed by atoms with Gasteiger partial charge in [-0.15, -0.1) is 0 Å². The first-order chi connectivity index (χ1) is 6.63. The molecule has 6 nitrogen and oxygen atoms in total. The standard InChI is InChI=1S/C8H14N2O4/c1-13-4-10-7(11)5-2-6(3-5)14-8(9)12/h5-6H,2-4H2,1H3,(H2,9,12)(H,10,11). The summed E-state index contributed by atoms with van der Waals surface area (Å²) in [4.78, 5) is 21.6. The Labute approximate surface area is 81.7 Å². The lowest BCUT2D eigenvalue weighted by Crippen LogP contribution is -2.44. The molecule has 0 aliphatic heterocycles. The number of rotatable bonds is 4. The van der Waals surface area contributed by atoms with Gasteiger partial charge in [-0.1, -0.05) is 0 Å². The molecule has 2 amide bonds. The van der Waals surface area contributed by atoms with Crippen molar-refractivity contribution in [3.63, 3.8) is 0 Å². The van der Waals surface area contributed by atoms with Gasteiger partial charge < -0.3 is 20.5 Å². The van der Waals surface area contributed by atoms with Crippen LogP contribution >= 0.6 is 0 Å². The fraction of sp³-hybridized carbons (Fsp3) is 0.750. The average Bonchev–Trinajstić information content (AvgIpc) is 2.06. The van der Waals surface area contributed by atoms with Gasteiger partial charge in [0.2, 0.25) is 5.91 Å². The van der Waals surface area contributed by atoms with E-state index in [4.69, 9.17) is 10.5 Å². The Morgan fingerprint density at radius 2 is 2.14 bits per heavy atom. The molecular formula is C8H14N2O4. The van der Waals surface area contributed by atoms with Gasteiger partial charge >= 0.3 is 6.09 Å². The molecule has 1 fully saturated rings. The van der Waals surface area contributed by atoms with Crippen LogP contribution in [0.5, 0.6) is 0 Å². The smallest absolute Gasteiger partial charge is 0.404 e. The number of carbonyl (C=O) groups is 2. The highest BCUT2D eigenvalue weighted by molar-refractivity contribution is 5.79. The Morgan fingerprint density at radius 3 is 2.64 bits per heavy atom. The van der Waals surface area contributed by atoms with Gasteiger partial charge in [-0.2, -0.15) is 0 Å². The number of ether oxygens (including phenoxy) is 2. The third-order valence-corrected chi connectivity index (χ3v) is 2.14. The van der Waals surface area contributed by atoms with E-state index in [0.29, 0.717) is 12.8 Å². The highest BCUT2D eigenvalue weighted by Crippen LogP contribution is 2.29. The van der Waals surface area contributed by atoms with Gasteiger partial charge in [0, 0.05) is 13.0 Å². The number of methoxy groups -OCH3 is 1. The van der Waals surface area contributed by atoms with Gasteiger partial charge in [0.05, 0.1) is 0 Å². The molecule has 0 heterocycles. The quantitative estimate of drug-likeness (QED) is 0.606. The minimum absolute atomic E-state index is 0.0730. The Bertz CT molecular complexity index is 225. The fourth-order valence-corrected chi connectivity index (χ4v) is 1.33. The zero-order valence-electron chi connectivity index (χ0n) is 7.99. The molecule has 14 heavy (non-hydrogen) atoms. The van der Waals surface area contributed by atoms with Gasteiger partial charge in [0.25, 0.3) is 0 Å². The average molecular weight is 202 g/mol. The van der Waals surface area contributed by atoms with E-state index in [1.165, 1.54) is 7.11 Å². The van der Waals surface area contributed by atoms with E-state index in [1.54, 1.807) is 0 Å². The summed E-state index contributed by atoms with van der Waals surface area (Å²) >= 11 is 0. The van der Waals surface area contributed by atoms with Crippen LogP contribution in [0.25, 0.3) is 0 Å². The van der Waals surface area contributed by atoms with Crippen molar-refractivity contribution in [2.24, 2.45) is 11.7 Å². The first kappa shape index (κ1) is 10.8. The molecule has 0 unspecified atom stereocenters. The number of hydrogen-bond donors (Lipinski definition) is 2. The molecule has 6 heteroatoms. The summed E-state index contributed by atoms with van der Waals surface area (Å²) in [5, 5.41) is 2.58. The van der Waals surface area contributed by atoms with Crippen LogP contribution in [-0.4, -0.2) is 31.9 Å². The Hall–Kier alpha value is -1.30. The van der Waals surface area contributed by atoms with Crippen LogP contribution in [0.15, 0.2) is 0 Å². The minimum atomic E-state index is -0.786. The predicted molar refractivity (Wildman–Crippen MR) is 47.2 cm³/mol. The second kappa shape index (κ2) is 4.80. The van der Waals surface area contributed by atoms with Gasteiger partial charge in [0.15, 0.2) is 0 Å². The van der Waals surface area contributed by atoms with Crippen molar-refractivity contribution < 1.29 is 19.1 Å². The summed E-state index contributed by atoms with van der Waals surface area (Å²) in [6.45, 7) is 0.205. The number of amides is 2. The number of carbonyl (C=O) groups excluding carboxylic acids is 2. The molecule has 0 aromatic carbocycles. The normalized spacial score (nSPS) is 24.9. The predicted octanol–water partition coefficient (Wildman–Crippen LogP) is -0.420. The van der Waals surface area contributed by atoms with E-state index in [-0.39, 0.29) is 24.7 Å². The molecule has 1 saturated carbocycles. The highest BCUT2D eigenvalue weighted by atomic mass is 16.6. The lowest BCUT2D eigenvalue weighted by molar-refractivity contribution is -0.133. The summed E-state index contributed by atoms with van der Waals surface area (Å²) in [5.74, 6) is -0.161. The van der Waals surface area contributed by atoms with Gasteiger partial charge in [-0.05, 0) is 12.8 Å². The van der Waals surface area contributed by atoms with E-state index in [2.05, 4.69) is 10.1 Å². The van der Waals surface area contributed by atoms with Gasteiger partial charge in [-0.25, -0.2) is 4.79 Å². The molecule has 1 aliphatic rings. The summed E-state index contributed by atoms with van der Waals surface area (Å²) in [7, 11) is 1.50. The van der Waals surface area contributed by atoms with Crippen LogP contribution in [0.4, 0.5) is 4.79 Å². The molecular weight excluding hydrogens is 188 g/mol. The molecule has 0 saturated heterocycles. The maximum atomic E-state index is 11.3. The number of primary amides is 1. The van der Waals surface area contributed by atoms with Crippen molar-refractivity contribution in [1.29, 1.82) is 0 Å². The first-order valence-electron chi connectivity index (χ1n) is 4.36. The Kier molecular flexibility index (Phi) is 3.70. The molecule has 0 atom stereocenters. The molecule has 0 aromatic heterocycles. The molecule has 0 spiro atoms. The molecule has 80 valence electrons. The molecule has 3 N–H and O–H groups in total. The van der Waals surface area contributed by atoms with Crippen molar-refractivity contribution in [3.8, 4) is 0 Å². The summed E-state index contributed by atoms with van der Waals surface area (Å²) < 4.78 is 9.38. The summed E-state index contributed by atoms with van der Waals surface area (Å²) in [5.41, 5.74) is 4.82. The van der Waals surface area contributed by atoms with Gasteiger partial charge in [0.1, 0.15) is 12.8 Å². The zero-order valence-corrected chi connectivity index (χ0v) is 7.99. The lowest BCUT2D eigenvalue weighted by Gasteiger charge is -2.32.